The Kier molecular flexibility index (Phi) is 4.26. The summed E-state index contributed by atoms with van der Waals surface area (Å²) < 4.78 is 0. The summed E-state index contributed by atoms with van der Waals surface area (Å²) in [6.45, 7) is 4.51. The Labute approximate surface area is 88.4 Å². The molecule has 0 saturated heterocycles. The van der Waals surface area contributed by atoms with E-state index in [1.54, 1.807) is 13.1 Å². The minimum Gasteiger partial charge on any atom is -0.383 e. The van der Waals surface area contributed by atoms with E-state index in [0.29, 0.717) is 17.3 Å². The van der Waals surface area contributed by atoms with Crippen LogP contribution < -0.4 is 11.1 Å². The zero-order chi connectivity index (χ0) is 11.3. The van der Waals surface area contributed by atoms with Crippen LogP contribution in [0.15, 0.2) is 6.20 Å². The molecule has 0 bridgehead atoms. The van der Waals surface area contributed by atoms with Gasteiger partial charge in [-0.2, -0.15) is 4.98 Å². The quantitative estimate of drug-likeness (QED) is 0.505. The third-order valence-corrected chi connectivity index (χ3v) is 1.98. The molecule has 4 N–H and O–H groups in total. The van der Waals surface area contributed by atoms with Crippen molar-refractivity contribution in [3.63, 3.8) is 0 Å². The van der Waals surface area contributed by atoms with Crippen LogP contribution >= 0.6 is 0 Å². The number of nitrogens with zero attached hydrogens (tertiary/aromatic N) is 2. The van der Waals surface area contributed by atoms with Gasteiger partial charge in [0.05, 0.1) is 0 Å². The molecule has 0 unspecified atom stereocenters. The van der Waals surface area contributed by atoms with Crippen LogP contribution in [-0.2, 0) is 4.89 Å². The number of aromatic nitrogens is 2. The summed E-state index contributed by atoms with van der Waals surface area (Å²) in [4.78, 5) is 12.3. The van der Waals surface area contributed by atoms with E-state index in [1.165, 1.54) is 0 Å². The molecule has 1 aromatic heterocycles. The van der Waals surface area contributed by atoms with E-state index in [4.69, 9.17) is 11.0 Å². The molecule has 0 amide bonds. The number of hydrogen-bond donors (Lipinski definition) is 3. The average Bonchev–Trinajstić information content (AvgIpc) is 2.25. The zero-order valence-corrected chi connectivity index (χ0v) is 8.90. The van der Waals surface area contributed by atoms with Crippen molar-refractivity contribution in [2.75, 3.05) is 17.6 Å². The molecule has 84 valence electrons. The second-order valence-electron chi connectivity index (χ2n) is 3.21. The number of nitrogen functional groups attached to an aromatic ring is 1. The van der Waals surface area contributed by atoms with Crippen molar-refractivity contribution in [3.8, 4) is 0 Å². The number of nitrogens with one attached hydrogen (secondary N) is 1. The van der Waals surface area contributed by atoms with Gasteiger partial charge in [0, 0.05) is 18.3 Å². The monoisotopic (exact) mass is 212 g/mol. The summed E-state index contributed by atoms with van der Waals surface area (Å²) >= 11 is 0. The van der Waals surface area contributed by atoms with Crippen molar-refractivity contribution in [3.05, 3.63) is 11.8 Å². The van der Waals surface area contributed by atoms with Gasteiger partial charge in [-0.05, 0) is 13.3 Å². The highest BCUT2D eigenvalue weighted by Gasteiger charge is 2.11. The predicted molar refractivity (Wildman–Crippen MR) is 57.4 cm³/mol. The molecule has 1 heterocycles. The van der Waals surface area contributed by atoms with Crippen LogP contribution in [0.5, 0.6) is 0 Å². The molecule has 0 saturated carbocycles. The maximum absolute atomic E-state index is 8.50. The Hall–Kier alpha value is -1.40. The first-order chi connectivity index (χ1) is 7.19. The first-order valence-corrected chi connectivity index (χ1v) is 4.85. The Morgan fingerprint density at radius 2 is 2.40 bits per heavy atom. The standard InChI is InChI=1S/C9H16N4O2/c1-3-4-11-9-12-5-7(6(2)15-14)8(10)13-9/h5-6,14H,3-4H2,1-2H3,(H3,10,11,12,13)/t6-/m0/s1. The fourth-order valence-corrected chi connectivity index (χ4v) is 1.10. The number of hydrogen-bond acceptors (Lipinski definition) is 6. The van der Waals surface area contributed by atoms with Gasteiger partial charge in [-0.1, -0.05) is 6.92 Å². The largest absolute Gasteiger partial charge is 0.383 e. The molecule has 1 atom stereocenters. The summed E-state index contributed by atoms with van der Waals surface area (Å²) in [6, 6.07) is 0. The van der Waals surface area contributed by atoms with Gasteiger partial charge in [0.2, 0.25) is 5.95 Å². The molecular formula is C9H16N4O2. The topological polar surface area (TPSA) is 93.3 Å². The molecule has 0 radical (unpaired) electrons. The Bertz CT molecular complexity index is 319. The van der Waals surface area contributed by atoms with Gasteiger partial charge in [0.1, 0.15) is 11.9 Å². The molecule has 0 spiro atoms. The van der Waals surface area contributed by atoms with Gasteiger partial charge >= 0.3 is 0 Å². The first kappa shape index (κ1) is 11.7. The Balaban J connectivity index is 2.78. The third-order valence-electron chi connectivity index (χ3n) is 1.98. The molecule has 1 aromatic rings. The van der Waals surface area contributed by atoms with Crippen LogP contribution in [0.25, 0.3) is 0 Å². The molecule has 1 rings (SSSR count). The highest BCUT2D eigenvalue weighted by atomic mass is 17.1. The molecule has 0 fully saturated rings. The molecule has 6 heteroatoms. The van der Waals surface area contributed by atoms with E-state index in [1.807, 2.05) is 6.92 Å². The van der Waals surface area contributed by atoms with E-state index in [9.17, 15) is 0 Å². The van der Waals surface area contributed by atoms with E-state index in [-0.39, 0.29) is 0 Å². The summed E-state index contributed by atoms with van der Waals surface area (Å²) in [5, 5.41) is 11.5. The number of nitrogens with two attached hydrogens (primary N) is 1. The van der Waals surface area contributed by atoms with Crippen LogP contribution in [0.1, 0.15) is 31.9 Å². The Morgan fingerprint density at radius 3 is 2.93 bits per heavy atom. The van der Waals surface area contributed by atoms with Crippen LogP contribution in [0.3, 0.4) is 0 Å². The Morgan fingerprint density at radius 1 is 1.67 bits per heavy atom. The smallest absolute Gasteiger partial charge is 0.224 e. The lowest BCUT2D eigenvalue weighted by Gasteiger charge is -2.10. The van der Waals surface area contributed by atoms with Gasteiger partial charge in [0.15, 0.2) is 0 Å². The number of anilines is 2. The predicted octanol–water partition coefficient (Wildman–Crippen LogP) is 1.43. The van der Waals surface area contributed by atoms with E-state index >= 15 is 0 Å². The zero-order valence-electron chi connectivity index (χ0n) is 8.90. The highest BCUT2D eigenvalue weighted by molar-refractivity contribution is 5.43. The average molecular weight is 212 g/mol. The molecular weight excluding hydrogens is 196 g/mol. The summed E-state index contributed by atoms with van der Waals surface area (Å²) in [7, 11) is 0. The minimum atomic E-state index is -0.523. The summed E-state index contributed by atoms with van der Waals surface area (Å²) in [5.41, 5.74) is 6.26. The van der Waals surface area contributed by atoms with Gasteiger partial charge < -0.3 is 11.1 Å². The third kappa shape index (κ3) is 3.03. The van der Waals surface area contributed by atoms with Crippen molar-refractivity contribution >= 4 is 11.8 Å². The second kappa shape index (κ2) is 5.47. The van der Waals surface area contributed by atoms with Crippen molar-refractivity contribution in [2.24, 2.45) is 0 Å². The van der Waals surface area contributed by atoms with Crippen LogP contribution in [0.2, 0.25) is 0 Å². The minimum absolute atomic E-state index is 0.310. The van der Waals surface area contributed by atoms with Gasteiger partial charge in [-0.25, -0.2) is 9.87 Å². The fourth-order valence-electron chi connectivity index (χ4n) is 1.10. The molecule has 15 heavy (non-hydrogen) atoms. The van der Waals surface area contributed by atoms with Gasteiger partial charge in [-0.15, -0.1) is 0 Å². The second-order valence-corrected chi connectivity index (χ2v) is 3.21. The maximum Gasteiger partial charge on any atom is 0.224 e. The van der Waals surface area contributed by atoms with E-state index in [2.05, 4.69) is 20.2 Å². The van der Waals surface area contributed by atoms with Crippen molar-refractivity contribution in [2.45, 2.75) is 26.4 Å². The van der Waals surface area contributed by atoms with Gasteiger partial charge in [-0.3, -0.25) is 5.26 Å². The fraction of sp³-hybridized carbons (Fsp3) is 0.556. The van der Waals surface area contributed by atoms with Crippen LogP contribution in [0, 0.1) is 0 Å². The molecule has 0 aliphatic carbocycles. The van der Waals surface area contributed by atoms with E-state index < -0.39 is 6.10 Å². The van der Waals surface area contributed by atoms with Crippen molar-refractivity contribution in [1.82, 2.24) is 9.97 Å². The lowest BCUT2D eigenvalue weighted by atomic mass is 10.2. The van der Waals surface area contributed by atoms with Crippen LogP contribution in [0.4, 0.5) is 11.8 Å². The normalized spacial score (nSPS) is 12.5. The molecule has 0 aliphatic heterocycles. The molecule has 0 aliphatic rings. The lowest BCUT2D eigenvalue weighted by molar-refractivity contribution is -0.276. The van der Waals surface area contributed by atoms with E-state index in [0.717, 1.165) is 13.0 Å². The molecule has 0 aromatic carbocycles. The number of rotatable bonds is 5. The van der Waals surface area contributed by atoms with Crippen molar-refractivity contribution < 1.29 is 10.1 Å². The summed E-state index contributed by atoms with van der Waals surface area (Å²) in [6.07, 6.45) is 2.01. The SMILES string of the molecule is CCCNc1ncc([C@H](C)OO)c(N)n1. The van der Waals surface area contributed by atoms with Crippen molar-refractivity contribution in [1.29, 1.82) is 0 Å². The first-order valence-electron chi connectivity index (χ1n) is 4.85. The molecule has 6 nitrogen and oxygen atoms in total. The summed E-state index contributed by atoms with van der Waals surface area (Å²) in [5.74, 6) is 0.799. The lowest BCUT2D eigenvalue weighted by Crippen LogP contribution is -2.09. The van der Waals surface area contributed by atoms with Crippen LogP contribution in [-0.4, -0.2) is 21.8 Å². The highest BCUT2D eigenvalue weighted by Crippen LogP contribution is 2.20. The van der Waals surface area contributed by atoms with Gasteiger partial charge in [0.25, 0.3) is 0 Å². The maximum atomic E-state index is 8.50.